The lowest BCUT2D eigenvalue weighted by molar-refractivity contribution is 0.827. The van der Waals surface area contributed by atoms with Gasteiger partial charge in [0.15, 0.2) is 0 Å². The highest BCUT2D eigenvalue weighted by molar-refractivity contribution is 9.08. The molecule has 3 aromatic rings. The fourth-order valence-corrected chi connectivity index (χ4v) is 2.87. The number of para-hydroxylation sites is 1. The molecule has 17 heavy (non-hydrogen) atoms. The predicted molar refractivity (Wildman–Crippen MR) is 77.7 cm³/mol. The summed E-state index contributed by atoms with van der Waals surface area (Å²) in [5.74, 6) is 0. The summed E-state index contributed by atoms with van der Waals surface area (Å²) < 4.78 is 2.38. The second kappa shape index (κ2) is 4.19. The average molecular weight is 288 g/mol. The van der Waals surface area contributed by atoms with Crippen LogP contribution in [0.15, 0.2) is 42.5 Å². The Morgan fingerprint density at radius 2 is 1.76 bits per heavy atom. The number of fused-ring (bicyclic) bond motifs is 3. The summed E-state index contributed by atoms with van der Waals surface area (Å²) in [6.07, 6.45) is 0. The van der Waals surface area contributed by atoms with Gasteiger partial charge in [0.05, 0.1) is 0 Å². The molecule has 0 unspecified atom stereocenters. The van der Waals surface area contributed by atoms with Crippen molar-refractivity contribution >= 4 is 37.7 Å². The zero-order chi connectivity index (χ0) is 11.8. The van der Waals surface area contributed by atoms with Gasteiger partial charge in [-0.2, -0.15) is 0 Å². The molecule has 1 heterocycles. The first-order valence-electron chi connectivity index (χ1n) is 5.91. The Balaban J connectivity index is 2.49. The second-order valence-electron chi connectivity index (χ2n) is 4.25. The van der Waals surface area contributed by atoms with Crippen LogP contribution in [0.1, 0.15) is 12.5 Å². The number of alkyl halides is 1. The molecule has 0 N–H and O–H groups in total. The van der Waals surface area contributed by atoms with Crippen molar-refractivity contribution in [3.8, 4) is 0 Å². The average Bonchev–Trinajstić information content (AvgIpc) is 2.71. The van der Waals surface area contributed by atoms with E-state index >= 15 is 0 Å². The number of aromatic nitrogens is 1. The monoisotopic (exact) mass is 287 g/mol. The number of nitrogens with zero attached hydrogens (tertiary/aromatic N) is 1. The van der Waals surface area contributed by atoms with E-state index in [1.165, 1.54) is 27.4 Å². The van der Waals surface area contributed by atoms with Gasteiger partial charge in [0.2, 0.25) is 0 Å². The van der Waals surface area contributed by atoms with E-state index in [0.717, 1.165) is 11.9 Å². The second-order valence-corrected chi connectivity index (χ2v) is 4.81. The maximum Gasteiger partial charge on any atom is 0.0491 e. The lowest BCUT2D eigenvalue weighted by Crippen LogP contribution is -1.92. The highest BCUT2D eigenvalue weighted by atomic mass is 79.9. The SMILES string of the molecule is CCn1c2ccccc2c2cc(CBr)ccc21. The van der Waals surface area contributed by atoms with Crippen LogP contribution in [0.4, 0.5) is 0 Å². The third-order valence-corrected chi connectivity index (χ3v) is 3.95. The Morgan fingerprint density at radius 3 is 2.53 bits per heavy atom. The summed E-state index contributed by atoms with van der Waals surface area (Å²) in [6.45, 7) is 3.21. The van der Waals surface area contributed by atoms with Gasteiger partial charge in [-0.3, -0.25) is 0 Å². The topological polar surface area (TPSA) is 4.93 Å². The van der Waals surface area contributed by atoms with Gasteiger partial charge in [0.25, 0.3) is 0 Å². The fraction of sp³-hybridized carbons (Fsp3) is 0.200. The Hall–Kier alpha value is -1.28. The largest absolute Gasteiger partial charge is 0.341 e. The van der Waals surface area contributed by atoms with E-state index in [1.54, 1.807) is 0 Å². The molecule has 0 bridgehead atoms. The summed E-state index contributed by atoms with van der Waals surface area (Å²) in [4.78, 5) is 0. The lowest BCUT2D eigenvalue weighted by atomic mass is 10.1. The summed E-state index contributed by atoms with van der Waals surface area (Å²) >= 11 is 3.52. The smallest absolute Gasteiger partial charge is 0.0491 e. The molecule has 2 heteroatoms. The van der Waals surface area contributed by atoms with Gasteiger partial charge in [-0.1, -0.05) is 40.2 Å². The van der Waals surface area contributed by atoms with Gasteiger partial charge in [-0.25, -0.2) is 0 Å². The third kappa shape index (κ3) is 1.59. The third-order valence-electron chi connectivity index (χ3n) is 3.31. The number of rotatable bonds is 2. The van der Waals surface area contributed by atoms with E-state index in [-0.39, 0.29) is 0 Å². The van der Waals surface area contributed by atoms with E-state index in [4.69, 9.17) is 0 Å². The van der Waals surface area contributed by atoms with E-state index in [0.29, 0.717) is 0 Å². The summed E-state index contributed by atoms with van der Waals surface area (Å²) in [7, 11) is 0. The highest BCUT2D eigenvalue weighted by Gasteiger charge is 2.08. The van der Waals surface area contributed by atoms with Crippen molar-refractivity contribution in [2.24, 2.45) is 0 Å². The van der Waals surface area contributed by atoms with Crippen molar-refractivity contribution in [2.45, 2.75) is 18.8 Å². The molecular formula is C15H14BrN. The van der Waals surface area contributed by atoms with Gasteiger partial charge in [-0.15, -0.1) is 0 Å². The molecule has 2 aromatic carbocycles. The van der Waals surface area contributed by atoms with Crippen molar-refractivity contribution in [3.05, 3.63) is 48.0 Å². The number of aryl methyl sites for hydroxylation is 1. The van der Waals surface area contributed by atoms with Gasteiger partial charge in [-0.05, 0) is 30.7 Å². The number of hydrogen-bond donors (Lipinski definition) is 0. The highest BCUT2D eigenvalue weighted by Crippen LogP contribution is 2.29. The molecule has 0 aliphatic rings. The number of halogens is 1. The molecule has 0 amide bonds. The molecule has 0 radical (unpaired) electrons. The van der Waals surface area contributed by atoms with Crippen LogP contribution in [0.2, 0.25) is 0 Å². The minimum atomic E-state index is 0.911. The van der Waals surface area contributed by atoms with Gasteiger partial charge in [0, 0.05) is 33.7 Å². The van der Waals surface area contributed by atoms with Crippen LogP contribution < -0.4 is 0 Å². The molecular weight excluding hydrogens is 274 g/mol. The van der Waals surface area contributed by atoms with Crippen molar-refractivity contribution in [1.82, 2.24) is 4.57 Å². The molecule has 1 aromatic heterocycles. The van der Waals surface area contributed by atoms with Crippen LogP contribution in [0, 0.1) is 0 Å². The van der Waals surface area contributed by atoms with Crippen LogP contribution in [0.3, 0.4) is 0 Å². The van der Waals surface area contributed by atoms with Crippen molar-refractivity contribution < 1.29 is 0 Å². The van der Waals surface area contributed by atoms with E-state index in [2.05, 4.69) is 69.9 Å². The molecule has 0 saturated carbocycles. The Kier molecular flexibility index (Phi) is 2.67. The molecule has 0 aliphatic heterocycles. The maximum atomic E-state index is 3.52. The predicted octanol–water partition coefficient (Wildman–Crippen LogP) is 4.71. The minimum absolute atomic E-state index is 0.911. The summed E-state index contributed by atoms with van der Waals surface area (Å²) in [5.41, 5.74) is 3.99. The fourth-order valence-electron chi connectivity index (χ4n) is 2.52. The first-order valence-corrected chi connectivity index (χ1v) is 7.03. The first kappa shape index (κ1) is 10.8. The molecule has 86 valence electrons. The van der Waals surface area contributed by atoms with Crippen molar-refractivity contribution in [1.29, 1.82) is 0 Å². The van der Waals surface area contributed by atoms with Crippen molar-refractivity contribution in [3.63, 3.8) is 0 Å². The van der Waals surface area contributed by atoms with Crippen LogP contribution in [0.5, 0.6) is 0 Å². The van der Waals surface area contributed by atoms with Crippen LogP contribution in [-0.2, 0) is 11.9 Å². The number of hydrogen-bond acceptors (Lipinski definition) is 0. The van der Waals surface area contributed by atoms with Gasteiger partial charge in [0.1, 0.15) is 0 Å². The zero-order valence-corrected chi connectivity index (χ0v) is 11.4. The summed E-state index contributed by atoms with van der Waals surface area (Å²) in [5, 5.41) is 3.63. The molecule has 0 fully saturated rings. The van der Waals surface area contributed by atoms with E-state index in [1.807, 2.05) is 0 Å². The van der Waals surface area contributed by atoms with Gasteiger partial charge >= 0.3 is 0 Å². The first-order chi connectivity index (χ1) is 8.35. The standard InChI is InChI=1S/C15H14BrN/c1-2-17-14-6-4-3-5-12(14)13-9-11(10-16)7-8-15(13)17/h3-9H,2,10H2,1H3. The van der Waals surface area contributed by atoms with Crippen LogP contribution >= 0.6 is 15.9 Å². The molecule has 0 saturated heterocycles. The molecule has 1 nitrogen and oxygen atoms in total. The molecule has 3 rings (SSSR count). The Labute approximate surface area is 109 Å². The Morgan fingerprint density at radius 1 is 1.00 bits per heavy atom. The quantitative estimate of drug-likeness (QED) is 0.602. The van der Waals surface area contributed by atoms with Crippen molar-refractivity contribution in [2.75, 3.05) is 0 Å². The Bertz CT molecular complexity index is 682. The summed E-state index contributed by atoms with van der Waals surface area (Å²) in [6, 6.07) is 15.4. The van der Waals surface area contributed by atoms with Crippen LogP contribution in [-0.4, -0.2) is 4.57 Å². The molecule has 0 atom stereocenters. The van der Waals surface area contributed by atoms with Crippen LogP contribution in [0.25, 0.3) is 21.8 Å². The van der Waals surface area contributed by atoms with E-state index < -0.39 is 0 Å². The van der Waals surface area contributed by atoms with E-state index in [9.17, 15) is 0 Å². The zero-order valence-electron chi connectivity index (χ0n) is 9.78. The number of benzene rings is 2. The molecule has 0 aliphatic carbocycles. The maximum absolute atomic E-state index is 3.52. The molecule has 0 spiro atoms. The minimum Gasteiger partial charge on any atom is -0.341 e. The normalized spacial score (nSPS) is 11.4. The van der Waals surface area contributed by atoms with Gasteiger partial charge < -0.3 is 4.57 Å². The lowest BCUT2D eigenvalue weighted by Gasteiger charge is -2.02.